The van der Waals surface area contributed by atoms with Crippen molar-refractivity contribution in [3.63, 3.8) is 0 Å². The number of aromatic nitrogens is 1. The lowest BCUT2D eigenvalue weighted by Gasteiger charge is -2.37. The Kier molecular flexibility index (Phi) is 7.10. The molecule has 1 fully saturated rings. The first kappa shape index (κ1) is 28.0. The van der Waals surface area contributed by atoms with Gasteiger partial charge in [0.2, 0.25) is 11.8 Å². The lowest BCUT2D eigenvalue weighted by Crippen LogP contribution is -2.49. The first-order valence-electron chi connectivity index (χ1n) is 12.7. The highest BCUT2D eigenvalue weighted by Gasteiger charge is 2.66. The van der Waals surface area contributed by atoms with E-state index in [-0.39, 0.29) is 27.6 Å². The van der Waals surface area contributed by atoms with Gasteiger partial charge in [-0.25, -0.2) is 9.37 Å². The van der Waals surface area contributed by atoms with E-state index in [1.165, 1.54) is 24.4 Å². The maximum Gasteiger partial charge on any atom is 0.267 e. The maximum absolute atomic E-state index is 15.8. The highest BCUT2D eigenvalue weighted by Crippen LogP contribution is 2.57. The number of nitrogens with two attached hydrogens (primary N) is 1. The van der Waals surface area contributed by atoms with E-state index in [1.54, 1.807) is 30.3 Å². The number of rotatable bonds is 5. The molecule has 2 aliphatic heterocycles. The summed E-state index contributed by atoms with van der Waals surface area (Å²) in [6.07, 6.45) is 1.80. The zero-order valence-corrected chi connectivity index (χ0v) is 23.5. The second-order valence-electron chi connectivity index (χ2n) is 11.4. The fourth-order valence-corrected chi connectivity index (χ4v) is 6.34. The van der Waals surface area contributed by atoms with Crippen molar-refractivity contribution in [2.45, 2.75) is 50.6 Å². The molecule has 4 unspecified atom stereocenters. The summed E-state index contributed by atoms with van der Waals surface area (Å²) in [4.78, 5) is 43.5. The van der Waals surface area contributed by atoms with Crippen LogP contribution in [0.5, 0.6) is 0 Å². The van der Waals surface area contributed by atoms with Gasteiger partial charge in [0.1, 0.15) is 16.9 Å². The normalized spacial score (nSPS) is 23.6. The van der Waals surface area contributed by atoms with Crippen LogP contribution in [0.2, 0.25) is 10.0 Å². The lowest BCUT2D eigenvalue weighted by atomic mass is 9.62. The number of anilines is 2. The summed E-state index contributed by atoms with van der Waals surface area (Å²) in [5, 5.41) is 9.45. The van der Waals surface area contributed by atoms with Gasteiger partial charge in [0.05, 0.1) is 22.9 Å². The second-order valence-corrected chi connectivity index (χ2v) is 12.2. The molecule has 0 radical (unpaired) electrons. The summed E-state index contributed by atoms with van der Waals surface area (Å²) in [5.41, 5.74) is 5.26. The summed E-state index contributed by atoms with van der Waals surface area (Å²) in [6.45, 7) is 6.10. The van der Waals surface area contributed by atoms with Crippen molar-refractivity contribution in [3.05, 3.63) is 87.4 Å². The summed E-state index contributed by atoms with van der Waals surface area (Å²) in [7, 11) is 0. The minimum atomic E-state index is -1.37. The number of carbonyl (C=O) groups excluding carboxylic acids is 3. The Hall–Kier alpha value is -3.53. The number of hydrogen-bond acceptors (Lipinski definition) is 5. The number of benzene rings is 2. The van der Waals surface area contributed by atoms with E-state index in [4.69, 9.17) is 28.9 Å². The zero-order chi connectivity index (χ0) is 29.0. The van der Waals surface area contributed by atoms with Crippen molar-refractivity contribution in [1.82, 2.24) is 10.3 Å². The summed E-state index contributed by atoms with van der Waals surface area (Å²) >= 11 is 12.5. The number of amides is 3. The van der Waals surface area contributed by atoms with Crippen molar-refractivity contribution in [2.75, 3.05) is 10.6 Å². The van der Waals surface area contributed by atoms with Gasteiger partial charge in [0.15, 0.2) is 0 Å². The van der Waals surface area contributed by atoms with Gasteiger partial charge in [-0.3, -0.25) is 14.4 Å². The highest BCUT2D eigenvalue weighted by molar-refractivity contribution is 6.31. The molecular weight excluding hydrogens is 556 g/mol. The number of hydrogen-bond donors (Lipinski definition) is 4. The molecule has 1 saturated heterocycles. The molecule has 0 aliphatic carbocycles. The van der Waals surface area contributed by atoms with E-state index in [1.807, 2.05) is 20.8 Å². The first-order chi connectivity index (χ1) is 18.8. The van der Waals surface area contributed by atoms with Crippen molar-refractivity contribution in [1.29, 1.82) is 0 Å². The third-order valence-electron chi connectivity index (χ3n) is 7.50. The molecule has 0 saturated carbocycles. The fourth-order valence-electron chi connectivity index (χ4n) is 5.99. The first-order valence-corrected chi connectivity index (χ1v) is 13.5. The average molecular weight is 584 g/mol. The van der Waals surface area contributed by atoms with E-state index in [9.17, 15) is 14.4 Å². The SMILES string of the molecule is CC(C)(C)CC1NC(C(=O)Nc2ccc(C(N)=O)nc2)C(c2cccc(Cl)c2F)C12C(=O)Nc1cc(Cl)ccc12. The molecule has 5 rings (SSSR count). The van der Waals surface area contributed by atoms with E-state index < -0.39 is 41.0 Å². The van der Waals surface area contributed by atoms with Gasteiger partial charge in [-0.15, -0.1) is 0 Å². The van der Waals surface area contributed by atoms with Crippen LogP contribution in [-0.4, -0.2) is 34.8 Å². The molecule has 3 amide bonds. The van der Waals surface area contributed by atoms with Crippen LogP contribution >= 0.6 is 23.2 Å². The van der Waals surface area contributed by atoms with Gasteiger partial charge < -0.3 is 21.7 Å². The molecule has 2 aromatic carbocycles. The van der Waals surface area contributed by atoms with E-state index in [2.05, 4.69) is 20.9 Å². The highest BCUT2D eigenvalue weighted by atomic mass is 35.5. The number of primary amides is 1. The van der Waals surface area contributed by atoms with Crippen LogP contribution in [0.4, 0.5) is 15.8 Å². The van der Waals surface area contributed by atoms with Gasteiger partial charge in [0.25, 0.3) is 5.91 Å². The number of pyridine rings is 1. The minimum absolute atomic E-state index is 0.0398. The Bertz CT molecular complexity index is 1530. The number of fused-ring (bicyclic) bond motifs is 2. The number of nitrogens with zero attached hydrogens (tertiary/aromatic N) is 1. The second kappa shape index (κ2) is 10.1. The largest absolute Gasteiger partial charge is 0.364 e. The standard InChI is InChI=1S/C29H28Cl2FN5O3/c1-28(2,3)12-21-29(17-9-7-14(30)11-20(17)36-27(29)40)22(16-5-4-6-18(31)23(16)32)24(37-21)26(39)35-15-8-10-19(25(33)38)34-13-15/h4-11,13,21-22,24,37H,12H2,1-3H3,(H2,33,38)(H,35,39)(H,36,40). The molecule has 208 valence electrons. The van der Waals surface area contributed by atoms with Crippen LogP contribution in [0.3, 0.4) is 0 Å². The quantitative estimate of drug-likeness (QED) is 0.335. The van der Waals surface area contributed by atoms with Crippen LogP contribution in [0.15, 0.2) is 54.7 Å². The molecule has 4 atom stereocenters. The van der Waals surface area contributed by atoms with Crippen LogP contribution in [0, 0.1) is 11.2 Å². The fraction of sp³-hybridized carbons (Fsp3) is 0.310. The van der Waals surface area contributed by atoms with Gasteiger partial charge >= 0.3 is 0 Å². The molecule has 40 heavy (non-hydrogen) atoms. The molecule has 5 N–H and O–H groups in total. The molecule has 11 heteroatoms. The number of carbonyl (C=O) groups is 3. The Morgan fingerprint density at radius 3 is 2.55 bits per heavy atom. The Morgan fingerprint density at radius 1 is 1.15 bits per heavy atom. The van der Waals surface area contributed by atoms with Crippen LogP contribution in [0.1, 0.15) is 54.7 Å². The van der Waals surface area contributed by atoms with Crippen LogP contribution < -0.4 is 21.7 Å². The number of nitrogens with one attached hydrogen (secondary N) is 3. The third-order valence-corrected chi connectivity index (χ3v) is 8.03. The van der Waals surface area contributed by atoms with Crippen molar-refractivity contribution in [2.24, 2.45) is 11.1 Å². The Labute approximate surface area is 240 Å². The van der Waals surface area contributed by atoms with Crippen LogP contribution in [0.25, 0.3) is 0 Å². The predicted octanol–water partition coefficient (Wildman–Crippen LogP) is 5.02. The topological polar surface area (TPSA) is 126 Å². The summed E-state index contributed by atoms with van der Waals surface area (Å²) in [5.74, 6) is -3.27. The van der Waals surface area contributed by atoms with Crippen molar-refractivity contribution in [3.8, 4) is 0 Å². The van der Waals surface area contributed by atoms with Crippen molar-refractivity contribution < 1.29 is 18.8 Å². The van der Waals surface area contributed by atoms with Crippen molar-refractivity contribution >= 4 is 52.3 Å². The predicted molar refractivity (Wildman–Crippen MR) is 152 cm³/mol. The van der Waals surface area contributed by atoms with Gasteiger partial charge in [0, 0.05) is 22.7 Å². The van der Waals surface area contributed by atoms with Crippen LogP contribution in [-0.2, 0) is 15.0 Å². The van der Waals surface area contributed by atoms with E-state index in [0.717, 1.165) is 0 Å². The Morgan fingerprint density at radius 2 is 1.90 bits per heavy atom. The molecule has 3 heterocycles. The third kappa shape index (κ3) is 4.72. The molecule has 1 aromatic heterocycles. The molecule has 1 spiro atoms. The van der Waals surface area contributed by atoms with E-state index in [0.29, 0.717) is 28.4 Å². The summed E-state index contributed by atoms with van der Waals surface area (Å²) < 4.78 is 15.8. The zero-order valence-electron chi connectivity index (χ0n) is 22.0. The van der Waals surface area contributed by atoms with Gasteiger partial charge in [-0.1, -0.05) is 62.2 Å². The average Bonchev–Trinajstić information content (AvgIpc) is 3.35. The number of halogens is 3. The molecule has 8 nitrogen and oxygen atoms in total. The summed E-state index contributed by atoms with van der Waals surface area (Å²) in [6, 6.07) is 10.9. The minimum Gasteiger partial charge on any atom is -0.364 e. The van der Waals surface area contributed by atoms with E-state index >= 15 is 4.39 Å². The Balaban J connectivity index is 1.69. The molecule has 2 aliphatic rings. The smallest absolute Gasteiger partial charge is 0.267 e. The monoisotopic (exact) mass is 583 g/mol. The van der Waals surface area contributed by atoms with Gasteiger partial charge in [-0.2, -0.15) is 0 Å². The molecular formula is C29H28Cl2FN5O3. The van der Waals surface area contributed by atoms with Gasteiger partial charge in [-0.05, 0) is 53.3 Å². The lowest BCUT2D eigenvalue weighted by molar-refractivity contribution is -0.122. The molecule has 3 aromatic rings. The molecule has 0 bridgehead atoms. The maximum atomic E-state index is 15.8.